The van der Waals surface area contributed by atoms with E-state index in [1.165, 1.54) is 6.07 Å². The molecule has 3 heterocycles. The minimum absolute atomic E-state index is 0.0648. The maximum atomic E-state index is 12.9. The first kappa shape index (κ1) is 17.3. The highest BCUT2D eigenvalue weighted by Crippen LogP contribution is 2.06. The van der Waals surface area contributed by atoms with Crippen molar-refractivity contribution < 1.29 is 9.59 Å². The molecule has 0 saturated heterocycles. The van der Waals surface area contributed by atoms with Crippen molar-refractivity contribution in [3.8, 4) is 0 Å². The Labute approximate surface area is 150 Å². The fourth-order valence-electron chi connectivity index (χ4n) is 2.48. The highest BCUT2D eigenvalue weighted by Gasteiger charge is 2.18. The lowest BCUT2D eigenvalue weighted by molar-refractivity contribution is 0.0734. The highest BCUT2D eigenvalue weighted by atomic mass is 16.2. The molecule has 3 rings (SSSR count). The summed E-state index contributed by atoms with van der Waals surface area (Å²) in [5.41, 5.74) is 5.50. The molecule has 9 nitrogen and oxygen atoms in total. The van der Waals surface area contributed by atoms with Crippen LogP contribution in [0, 0.1) is 0 Å². The number of amides is 2. The van der Waals surface area contributed by atoms with Gasteiger partial charge in [0.15, 0.2) is 0 Å². The molecule has 0 aliphatic heterocycles. The predicted molar refractivity (Wildman–Crippen MR) is 93.1 cm³/mol. The van der Waals surface area contributed by atoms with Crippen molar-refractivity contribution in [3.63, 3.8) is 0 Å². The van der Waals surface area contributed by atoms with E-state index in [2.05, 4.69) is 15.2 Å². The minimum atomic E-state index is -0.667. The summed E-state index contributed by atoms with van der Waals surface area (Å²) in [4.78, 5) is 29.9. The molecule has 134 valence electrons. The van der Waals surface area contributed by atoms with Gasteiger partial charge >= 0.3 is 0 Å². The number of pyridine rings is 1. The van der Waals surface area contributed by atoms with Crippen molar-refractivity contribution in [2.24, 2.45) is 5.73 Å². The fourth-order valence-corrected chi connectivity index (χ4v) is 2.48. The monoisotopic (exact) mass is 353 g/mol. The van der Waals surface area contributed by atoms with E-state index in [4.69, 9.17) is 5.73 Å². The van der Waals surface area contributed by atoms with Crippen LogP contribution < -0.4 is 5.73 Å². The maximum absolute atomic E-state index is 12.9. The summed E-state index contributed by atoms with van der Waals surface area (Å²) in [7, 11) is 0. The molecule has 3 aromatic rings. The molecule has 2 amide bonds. The number of carbonyl (C=O) groups is 2. The number of hydrogen-bond donors (Lipinski definition) is 1. The van der Waals surface area contributed by atoms with Gasteiger partial charge in [0, 0.05) is 37.9 Å². The lowest BCUT2D eigenvalue weighted by atomic mass is 10.2. The summed E-state index contributed by atoms with van der Waals surface area (Å²) in [6, 6.07) is 8.31. The van der Waals surface area contributed by atoms with Gasteiger partial charge in [0.05, 0.1) is 13.1 Å². The van der Waals surface area contributed by atoms with Crippen LogP contribution in [0.25, 0.3) is 0 Å². The van der Waals surface area contributed by atoms with Crippen LogP contribution in [0.5, 0.6) is 0 Å². The smallest absolute Gasteiger partial charge is 0.272 e. The van der Waals surface area contributed by atoms with Crippen molar-refractivity contribution in [1.82, 2.24) is 29.4 Å². The van der Waals surface area contributed by atoms with E-state index < -0.39 is 5.91 Å². The van der Waals surface area contributed by atoms with Crippen LogP contribution in [0.4, 0.5) is 0 Å². The second-order valence-corrected chi connectivity index (χ2v) is 5.60. The van der Waals surface area contributed by atoms with Gasteiger partial charge in [-0.2, -0.15) is 10.2 Å². The van der Waals surface area contributed by atoms with Crippen molar-refractivity contribution in [2.45, 2.75) is 13.1 Å². The van der Waals surface area contributed by atoms with Gasteiger partial charge in [0.1, 0.15) is 11.4 Å². The molecule has 0 spiro atoms. The zero-order valence-electron chi connectivity index (χ0n) is 14.1. The Hall–Kier alpha value is -3.49. The Kier molecular flexibility index (Phi) is 5.37. The van der Waals surface area contributed by atoms with Crippen LogP contribution in [0.2, 0.25) is 0 Å². The van der Waals surface area contributed by atoms with Gasteiger partial charge in [-0.25, -0.2) is 4.98 Å². The molecule has 26 heavy (non-hydrogen) atoms. The van der Waals surface area contributed by atoms with Gasteiger partial charge in [0.2, 0.25) is 0 Å². The molecule has 2 N–H and O–H groups in total. The van der Waals surface area contributed by atoms with Crippen molar-refractivity contribution in [3.05, 3.63) is 66.5 Å². The molecule has 0 fully saturated rings. The van der Waals surface area contributed by atoms with Crippen molar-refractivity contribution in [2.75, 3.05) is 13.1 Å². The number of nitrogens with zero attached hydrogens (tertiary/aromatic N) is 6. The second-order valence-electron chi connectivity index (χ2n) is 5.60. The lowest BCUT2D eigenvalue weighted by Crippen LogP contribution is -2.37. The average Bonchev–Trinajstić information content (AvgIpc) is 3.35. The fraction of sp³-hybridized carbons (Fsp3) is 0.235. The molecular weight excluding hydrogens is 334 g/mol. The van der Waals surface area contributed by atoms with Gasteiger partial charge in [-0.1, -0.05) is 6.07 Å². The van der Waals surface area contributed by atoms with Gasteiger partial charge in [-0.15, -0.1) is 0 Å². The first-order chi connectivity index (χ1) is 12.6. The topological polar surface area (TPSA) is 112 Å². The maximum Gasteiger partial charge on any atom is 0.272 e. The van der Waals surface area contributed by atoms with Gasteiger partial charge in [-0.05, 0) is 24.3 Å². The van der Waals surface area contributed by atoms with Crippen LogP contribution in [0.15, 0.2) is 55.1 Å². The Morgan fingerprint density at radius 1 is 0.923 bits per heavy atom. The molecule has 0 aliphatic rings. The molecule has 3 aromatic heterocycles. The normalized spacial score (nSPS) is 10.6. The zero-order valence-corrected chi connectivity index (χ0v) is 14.1. The quantitative estimate of drug-likeness (QED) is 0.630. The third kappa shape index (κ3) is 4.32. The molecule has 9 heteroatoms. The summed E-state index contributed by atoms with van der Waals surface area (Å²) >= 11 is 0. The Balaban J connectivity index is 1.74. The largest absolute Gasteiger partial charge is 0.364 e. The number of carbonyl (C=O) groups excluding carboxylic acids is 2. The third-order valence-electron chi connectivity index (χ3n) is 3.82. The number of primary amides is 1. The Morgan fingerprint density at radius 3 is 2.00 bits per heavy atom. The van der Waals surface area contributed by atoms with E-state index in [9.17, 15) is 9.59 Å². The molecule has 0 atom stereocenters. The van der Waals surface area contributed by atoms with Crippen LogP contribution in [0.3, 0.4) is 0 Å². The number of rotatable bonds is 8. The first-order valence-corrected chi connectivity index (χ1v) is 8.14. The van der Waals surface area contributed by atoms with Crippen molar-refractivity contribution >= 4 is 11.8 Å². The van der Waals surface area contributed by atoms with Crippen LogP contribution in [0.1, 0.15) is 21.0 Å². The lowest BCUT2D eigenvalue weighted by Gasteiger charge is -2.22. The number of hydrogen-bond acceptors (Lipinski definition) is 5. The number of aromatic nitrogens is 5. The predicted octanol–water partition coefficient (Wildman–Crippen LogP) is 0.416. The summed E-state index contributed by atoms with van der Waals surface area (Å²) in [5, 5.41) is 8.30. The second kappa shape index (κ2) is 8.06. The Morgan fingerprint density at radius 2 is 1.50 bits per heavy atom. The van der Waals surface area contributed by atoms with E-state index in [1.807, 2.05) is 24.5 Å². The summed E-state index contributed by atoms with van der Waals surface area (Å²) in [6.45, 7) is 2.00. The van der Waals surface area contributed by atoms with Crippen molar-refractivity contribution in [1.29, 1.82) is 0 Å². The first-order valence-electron chi connectivity index (χ1n) is 8.14. The van der Waals surface area contributed by atoms with Crippen LogP contribution in [-0.2, 0) is 13.1 Å². The van der Waals surface area contributed by atoms with Gasteiger partial charge < -0.3 is 10.6 Å². The molecular formula is C17H19N7O2. The van der Waals surface area contributed by atoms with E-state index in [-0.39, 0.29) is 17.3 Å². The van der Waals surface area contributed by atoms with Crippen LogP contribution >= 0.6 is 0 Å². The van der Waals surface area contributed by atoms with E-state index in [0.29, 0.717) is 26.2 Å². The third-order valence-corrected chi connectivity index (χ3v) is 3.82. The van der Waals surface area contributed by atoms with E-state index in [0.717, 1.165) is 0 Å². The van der Waals surface area contributed by atoms with Gasteiger partial charge in [-0.3, -0.25) is 19.0 Å². The standard InChI is InChI=1S/C17H19N7O2/c18-16(25)14-4-1-5-15(21-14)17(26)22(10-12-23-8-2-6-19-23)11-13-24-9-3-7-20-24/h1-9H,10-13H2,(H2,18,25). The van der Waals surface area contributed by atoms with Crippen LogP contribution in [-0.4, -0.2) is 54.3 Å². The molecule has 0 aromatic carbocycles. The zero-order chi connectivity index (χ0) is 18.4. The summed E-state index contributed by atoms with van der Waals surface area (Å²) < 4.78 is 3.50. The highest BCUT2D eigenvalue weighted by molar-refractivity contribution is 5.95. The molecule has 0 unspecified atom stereocenters. The van der Waals surface area contributed by atoms with E-state index in [1.54, 1.807) is 38.8 Å². The summed E-state index contributed by atoms with van der Waals surface area (Å²) in [5.74, 6) is -0.938. The molecule has 0 saturated carbocycles. The minimum Gasteiger partial charge on any atom is -0.364 e. The number of nitrogens with two attached hydrogens (primary N) is 1. The average molecular weight is 353 g/mol. The summed E-state index contributed by atoms with van der Waals surface area (Å²) in [6.07, 6.45) is 7.05. The molecule has 0 aliphatic carbocycles. The SMILES string of the molecule is NC(=O)c1cccc(C(=O)N(CCn2cccn2)CCn2cccn2)n1. The van der Waals surface area contributed by atoms with E-state index >= 15 is 0 Å². The van der Waals surface area contributed by atoms with Gasteiger partial charge in [0.25, 0.3) is 11.8 Å². The molecule has 0 radical (unpaired) electrons. The molecule has 0 bridgehead atoms. The Bertz CT molecular complexity index is 821.